The molecule has 1 N–H and O–H groups in total. The SMILES string of the molecule is CN(c1ccccc1C(=O)Nc1ccc(S(=O)(=O)N2CCN(c3nnc(C(F)(F)F)s3)CC2)cc1)S(C)(=O)=O. The van der Waals surface area contributed by atoms with Gasteiger partial charge < -0.3 is 10.2 Å². The second-order valence-corrected chi connectivity index (χ2v) is 13.4. The summed E-state index contributed by atoms with van der Waals surface area (Å²) < 4.78 is 90.7. The largest absolute Gasteiger partial charge is 0.445 e. The smallest absolute Gasteiger partial charge is 0.344 e. The molecule has 1 fully saturated rings. The van der Waals surface area contributed by atoms with E-state index in [2.05, 4.69) is 15.5 Å². The summed E-state index contributed by atoms with van der Waals surface area (Å²) in [6.45, 7) is 0.348. The third kappa shape index (κ3) is 6.32. The summed E-state index contributed by atoms with van der Waals surface area (Å²) in [5, 5.41) is 8.38. The zero-order chi connectivity index (χ0) is 28.6. The summed E-state index contributed by atoms with van der Waals surface area (Å²) in [5.41, 5.74) is 0.578. The minimum Gasteiger partial charge on any atom is -0.344 e. The van der Waals surface area contributed by atoms with Crippen LogP contribution < -0.4 is 14.5 Å². The van der Waals surface area contributed by atoms with Crippen molar-refractivity contribution in [2.24, 2.45) is 0 Å². The predicted molar refractivity (Wildman–Crippen MR) is 140 cm³/mol. The van der Waals surface area contributed by atoms with Gasteiger partial charge in [0, 0.05) is 38.9 Å². The highest BCUT2D eigenvalue weighted by Gasteiger charge is 2.37. The number of carbonyl (C=O) groups is 1. The Morgan fingerprint density at radius 3 is 2.15 bits per heavy atom. The van der Waals surface area contributed by atoms with Crippen LogP contribution >= 0.6 is 11.3 Å². The van der Waals surface area contributed by atoms with Crippen LogP contribution in [0.25, 0.3) is 0 Å². The second kappa shape index (κ2) is 10.7. The standard InChI is InChI=1S/C22H23F3N6O5S3/c1-29(38(2,33)34)18-6-4-3-5-17(18)19(32)26-15-7-9-16(10-8-15)39(35,36)31-13-11-30(12-14-31)21-28-27-20(37-21)22(23,24)25/h3-10H,11-14H2,1-2H3,(H,26,32). The molecule has 2 heterocycles. The van der Waals surface area contributed by atoms with E-state index in [1.165, 1.54) is 47.8 Å². The number of alkyl halides is 3. The molecule has 210 valence electrons. The van der Waals surface area contributed by atoms with Gasteiger partial charge >= 0.3 is 6.18 Å². The molecular formula is C22H23F3N6O5S3. The first-order valence-corrected chi connectivity index (χ1v) is 15.4. The minimum absolute atomic E-state index is 0.0265. The molecule has 1 saturated heterocycles. The lowest BCUT2D eigenvalue weighted by Crippen LogP contribution is -2.48. The van der Waals surface area contributed by atoms with E-state index in [1.807, 2.05) is 0 Å². The van der Waals surface area contributed by atoms with Crippen LogP contribution in [-0.2, 0) is 26.2 Å². The molecule has 1 aromatic heterocycles. The van der Waals surface area contributed by atoms with Crippen molar-refractivity contribution < 1.29 is 34.8 Å². The number of sulfonamides is 2. The number of hydrogen-bond donors (Lipinski definition) is 1. The molecule has 0 bridgehead atoms. The third-order valence-corrected chi connectivity index (χ3v) is 10.0. The summed E-state index contributed by atoms with van der Waals surface area (Å²) in [6.07, 6.45) is -3.58. The van der Waals surface area contributed by atoms with Crippen molar-refractivity contribution >= 4 is 53.8 Å². The molecule has 1 aliphatic heterocycles. The molecule has 11 nitrogen and oxygen atoms in total. The monoisotopic (exact) mass is 604 g/mol. The number of halogens is 3. The molecule has 0 atom stereocenters. The van der Waals surface area contributed by atoms with Crippen molar-refractivity contribution in [2.45, 2.75) is 11.1 Å². The lowest BCUT2D eigenvalue weighted by molar-refractivity contribution is -0.138. The lowest BCUT2D eigenvalue weighted by atomic mass is 10.1. The molecule has 4 rings (SSSR count). The zero-order valence-corrected chi connectivity index (χ0v) is 23.0. The predicted octanol–water partition coefficient (Wildman–Crippen LogP) is 2.72. The molecule has 0 radical (unpaired) electrons. The van der Waals surface area contributed by atoms with Gasteiger partial charge in [0.1, 0.15) is 0 Å². The summed E-state index contributed by atoms with van der Waals surface area (Å²) in [6, 6.07) is 11.6. The van der Waals surface area contributed by atoms with Gasteiger partial charge in [-0.15, -0.1) is 10.2 Å². The van der Waals surface area contributed by atoms with Crippen LogP contribution in [0.15, 0.2) is 53.4 Å². The van der Waals surface area contributed by atoms with Gasteiger partial charge in [0.05, 0.1) is 22.4 Å². The van der Waals surface area contributed by atoms with Crippen molar-refractivity contribution in [3.63, 3.8) is 0 Å². The highest BCUT2D eigenvalue weighted by molar-refractivity contribution is 7.92. The van der Waals surface area contributed by atoms with Crippen LogP contribution in [0.2, 0.25) is 0 Å². The van der Waals surface area contributed by atoms with Crippen LogP contribution in [0.4, 0.5) is 29.7 Å². The third-order valence-electron chi connectivity index (χ3n) is 5.90. The Bertz CT molecular complexity index is 1570. The minimum atomic E-state index is -4.59. The van der Waals surface area contributed by atoms with Gasteiger partial charge in [-0.25, -0.2) is 16.8 Å². The number of para-hydroxylation sites is 1. The molecule has 1 amide bonds. The number of benzene rings is 2. The lowest BCUT2D eigenvalue weighted by Gasteiger charge is -2.33. The number of nitrogens with zero attached hydrogens (tertiary/aromatic N) is 5. The van der Waals surface area contributed by atoms with E-state index in [0.717, 1.165) is 10.6 Å². The van der Waals surface area contributed by atoms with E-state index in [9.17, 15) is 34.8 Å². The average Bonchev–Trinajstić information content (AvgIpc) is 3.39. The highest BCUT2D eigenvalue weighted by Crippen LogP contribution is 2.35. The molecule has 0 spiro atoms. The van der Waals surface area contributed by atoms with Crippen molar-refractivity contribution in [3.05, 3.63) is 59.1 Å². The first kappa shape index (κ1) is 28.7. The van der Waals surface area contributed by atoms with Gasteiger partial charge in [0.2, 0.25) is 30.2 Å². The molecule has 0 aliphatic carbocycles. The van der Waals surface area contributed by atoms with Crippen LogP contribution in [0.3, 0.4) is 0 Å². The summed E-state index contributed by atoms with van der Waals surface area (Å²) in [4.78, 5) is 14.4. The Morgan fingerprint density at radius 2 is 1.59 bits per heavy atom. The first-order valence-electron chi connectivity index (χ1n) is 11.3. The van der Waals surface area contributed by atoms with E-state index in [1.54, 1.807) is 17.0 Å². The topological polar surface area (TPSA) is 133 Å². The van der Waals surface area contributed by atoms with Crippen LogP contribution in [0, 0.1) is 0 Å². The Balaban J connectivity index is 1.42. The molecule has 17 heteroatoms. The van der Waals surface area contributed by atoms with Crippen LogP contribution in [0.5, 0.6) is 0 Å². The highest BCUT2D eigenvalue weighted by atomic mass is 32.2. The first-order chi connectivity index (χ1) is 18.2. The zero-order valence-electron chi connectivity index (χ0n) is 20.6. The van der Waals surface area contributed by atoms with E-state index in [0.29, 0.717) is 11.3 Å². The number of carbonyl (C=O) groups excluding carboxylic acids is 1. The van der Waals surface area contributed by atoms with Crippen molar-refractivity contribution in [1.29, 1.82) is 0 Å². The van der Waals surface area contributed by atoms with Gasteiger partial charge in [-0.3, -0.25) is 9.10 Å². The summed E-state index contributed by atoms with van der Waals surface area (Å²) in [5.74, 6) is -0.585. The molecule has 1 aliphatic rings. The summed E-state index contributed by atoms with van der Waals surface area (Å²) >= 11 is 0.403. The van der Waals surface area contributed by atoms with E-state index < -0.39 is 37.1 Å². The average molecular weight is 605 g/mol. The van der Waals surface area contributed by atoms with Crippen LogP contribution in [0.1, 0.15) is 15.4 Å². The molecule has 39 heavy (non-hydrogen) atoms. The number of nitrogens with one attached hydrogen (secondary N) is 1. The number of aromatic nitrogens is 2. The quantitative estimate of drug-likeness (QED) is 0.436. The van der Waals surface area contributed by atoms with Gasteiger partial charge in [0.25, 0.3) is 5.91 Å². The van der Waals surface area contributed by atoms with Gasteiger partial charge in [-0.05, 0) is 36.4 Å². The fourth-order valence-corrected chi connectivity index (χ4v) is 6.46. The molecule has 3 aromatic rings. The number of rotatable bonds is 7. The van der Waals surface area contributed by atoms with E-state index in [4.69, 9.17) is 0 Å². The molecule has 0 saturated carbocycles. The molecule has 2 aromatic carbocycles. The molecular weight excluding hydrogens is 581 g/mol. The number of hydrogen-bond acceptors (Lipinski definition) is 9. The normalized spacial score (nSPS) is 15.3. The van der Waals surface area contributed by atoms with Gasteiger partial charge in [-0.2, -0.15) is 17.5 Å². The Morgan fingerprint density at radius 1 is 0.974 bits per heavy atom. The maximum atomic E-state index is 13.1. The van der Waals surface area contributed by atoms with Gasteiger partial charge in [0.15, 0.2) is 0 Å². The Hall–Kier alpha value is -3.28. The second-order valence-electron chi connectivity index (χ2n) is 8.50. The Labute approximate surface area is 227 Å². The summed E-state index contributed by atoms with van der Waals surface area (Å²) in [7, 11) is -6.20. The Kier molecular flexibility index (Phi) is 7.89. The van der Waals surface area contributed by atoms with Gasteiger partial charge in [-0.1, -0.05) is 23.5 Å². The molecule has 0 unspecified atom stereocenters. The van der Waals surface area contributed by atoms with Crippen LogP contribution in [-0.4, -0.2) is 76.7 Å². The maximum Gasteiger partial charge on any atom is 0.445 e. The number of amides is 1. The fraction of sp³-hybridized carbons (Fsp3) is 0.318. The van der Waals surface area contributed by atoms with Crippen molar-refractivity contribution in [3.8, 4) is 0 Å². The van der Waals surface area contributed by atoms with E-state index in [-0.39, 0.29) is 53.1 Å². The maximum absolute atomic E-state index is 13.1. The van der Waals surface area contributed by atoms with Crippen molar-refractivity contribution in [1.82, 2.24) is 14.5 Å². The number of piperazine rings is 1. The number of anilines is 3. The van der Waals surface area contributed by atoms with Crippen molar-refractivity contribution in [2.75, 3.05) is 54.0 Å². The fourth-order valence-electron chi connectivity index (χ4n) is 3.75. The van der Waals surface area contributed by atoms with E-state index >= 15 is 0 Å².